The normalized spacial score (nSPS) is 15.8. The molecule has 0 rings (SSSR count). The first-order valence-corrected chi connectivity index (χ1v) is 4.56. The van der Waals surface area contributed by atoms with Crippen molar-refractivity contribution in [1.82, 2.24) is 5.32 Å². The van der Waals surface area contributed by atoms with E-state index in [0.717, 1.165) is 0 Å². The molecule has 78 valence electrons. The minimum atomic E-state index is -1.00. The molecule has 0 aromatic rings. The molecule has 0 aliphatic rings. The Hall–Kier alpha value is -0.610. The summed E-state index contributed by atoms with van der Waals surface area (Å²) in [6, 6.07) is -0.832. The first-order valence-electron chi connectivity index (χ1n) is 4.56. The van der Waals surface area contributed by atoms with E-state index in [1.807, 2.05) is 6.92 Å². The molecule has 0 saturated carbocycles. The number of rotatable bonds is 6. The fourth-order valence-electron chi connectivity index (χ4n) is 0.794. The van der Waals surface area contributed by atoms with Gasteiger partial charge < -0.3 is 15.5 Å². The van der Waals surface area contributed by atoms with Crippen LogP contribution in [0.3, 0.4) is 0 Å². The summed E-state index contributed by atoms with van der Waals surface area (Å²) in [5, 5.41) is 20.1. The molecule has 0 heterocycles. The molecular formula is C9H19NO3. The third-order valence-electron chi connectivity index (χ3n) is 2.30. The van der Waals surface area contributed by atoms with Gasteiger partial charge in [0.25, 0.3) is 0 Å². The van der Waals surface area contributed by atoms with Crippen LogP contribution >= 0.6 is 0 Å². The molecule has 0 bridgehead atoms. The van der Waals surface area contributed by atoms with E-state index in [1.165, 1.54) is 0 Å². The maximum absolute atomic E-state index is 10.5. The Morgan fingerprint density at radius 3 is 2.23 bits per heavy atom. The Morgan fingerprint density at radius 1 is 1.38 bits per heavy atom. The highest BCUT2D eigenvalue weighted by Gasteiger charge is 2.16. The van der Waals surface area contributed by atoms with E-state index in [4.69, 9.17) is 10.2 Å². The Kier molecular flexibility index (Phi) is 5.66. The fourth-order valence-corrected chi connectivity index (χ4v) is 0.794. The fraction of sp³-hybridized carbons (Fsp3) is 0.889. The lowest BCUT2D eigenvalue weighted by molar-refractivity contribution is -0.140. The molecule has 0 saturated heterocycles. The van der Waals surface area contributed by atoms with Crippen LogP contribution in [0.25, 0.3) is 0 Å². The molecule has 0 aromatic carbocycles. The number of nitrogens with one attached hydrogen (secondary N) is 1. The predicted octanol–water partition coefficient (Wildman–Crippen LogP) is 0.314. The second-order valence-corrected chi connectivity index (χ2v) is 3.70. The standard InChI is InChI=1S/C9H19NO3/c1-6(2)7(3)4-10-8(5-11)9(12)13/h6-8,10-11H,4-5H2,1-3H3,(H,12,13). The summed E-state index contributed by atoms with van der Waals surface area (Å²) in [7, 11) is 0. The number of hydrogen-bond acceptors (Lipinski definition) is 3. The smallest absolute Gasteiger partial charge is 0.323 e. The molecule has 0 aliphatic carbocycles. The largest absolute Gasteiger partial charge is 0.480 e. The van der Waals surface area contributed by atoms with E-state index in [0.29, 0.717) is 18.4 Å². The van der Waals surface area contributed by atoms with Crippen molar-refractivity contribution in [3.05, 3.63) is 0 Å². The third kappa shape index (κ3) is 4.85. The van der Waals surface area contributed by atoms with Crippen molar-refractivity contribution in [3.8, 4) is 0 Å². The average molecular weight is 189 g/mol. The molecule has 3 N–H and O–H groups in total. The maximum atomic E-state index is 10.5. The van der Waals surface area contributed by atoms with Crippen LogP contribution in [0.4, 0.5) is 0 Å². The molecule has 0 aliphatic heterocycles. The van der Waals surface area contributed by atoms with Crippen molar-refractivity contribution >= 4 is 5.97 Å². The van der Waals surface area contributed by atoms with Crippen LogP contribution in [0.1, 0.15) is 20.8 Å². The van der Waals surface area contributed by atoms with Crippen molar-refractivity contribution in [2.45, 2.75) is 26.8 Å². The van der Waals surface area contributed by atoms with Gasteiger partial charge in [-0.15, -0.1) is 0 Å². The van der Waals surface area contributed by atoms with Gasteiger partial charge in [-0.1, -0.05) is 20.8 Å². The molecule has 0 amide bonds. The van der Waals surface area contributed by atoms with Crippen LogP contribution in [0.15, 0.2) is 0 Å². The van der Waals surface area contributed by atoms with E-state index in [1.54, 1.807) is 0 Å². The monoisotopic (exact) mass is 189 g/mol. The highest BCUT2D eigenvalue weighted by molar-refractivity contribution is 5.73. The first-order chi connectivity index (χ1) is 5.99. The summed E-state index contributed by atoms with van der Waals surface area (Å²) < 4.78 is 0. The van der Waals surface area contributed by atoms with Crippen molar-refractivity contribution in [2.75, 3.05) is 13.2 Å². The molecule has 13 heavy (non-hydrogen) atoms. The highest BCUT2D eigenvalue weighted by Crippen LogP contribution is 2.07. The number of aliphatic hydroxyl groups is 1. The van der Waals surface area contributed by atoms with Gasteiger partial charge in [-0.2, -0.15) is 0 Å². The lowest BCUT2D eigenvalue weighted by atomic mass is 9.98. The number of carboxylic acids is 1. The number of hydrogen-bond donors (Lipinski definition) is 3. The molecule has 0 fully saturated rings. The summed E-state index contributed by atoms with van der Waals surface area (Å²) in [6.45, 7) is 6.48. The first kappa shape index (κ1) is 12.4. The van der Waals surface area contributed by atoms with Crippen molar-refractivity contribution in [1.29, 1.82) is 0 Å². The van der Waals surface area contributed by atoms with E-state index in [2.05, 4.69) is 19.2 Å². The second-order valence-electron chi connectivity index (χ2n) is 3.70. The Morgan fingerprint density at radius 2 is 1.92 bits per heavy atom. The van der Waals surface area contributed by atoms with Crippen LogP contribution in [0, 0.1) is 11.8 Å². The number of aliphatic carboxylic acids is 1. The Balaban J connectivity index is 3.78. The molecule has 0 aromatic heterocycles. The number of aliphatic hydroxyl groups excluding tert-OH is 1. The van der Waals surface area contributed by atoms with Gasteiger partial charge in [0.05, 0.1) is 6.61 Å². The Labute approximate surface area is 79.0 Å². The quantitative estimate of drug-likeness (QED) is 0.562. The van der Waals surface area contributed by atoms with Crippen molar-refractivity contribution < 1.29 is 15.0 Å². The van der Waals surface area contributed by atoms with Crippen molar-refractivity contribution in [3.63, 3.8) is 0 Å². The Bertz CT molecular complexity index is 159. The summed E-state index contributed by atoms with van der Waals surface area (Å²) >= 11 is 0. The minimum absolute atomic E-state index is 0.361. The van der Waals surface area contributed by atoms with Gasteiger partial charge in [-0.05, 0) is 18.4 Å². The molecule has 4 heteroatoms. The van der Waals surface area contributed by atoms with E-state index < -0.39 is 12.0 Å². The maximum Gasteiger partial charge on any atom is 0.323 e. The molecule has 0 radical (unpaired) electrons. The zero-order chi connectivity index (χ0) is 10.4. The number of carbonyl (C=O) groups is 1. The van der Waals surface area contributed by atoms with Gasteiger partial charge >= 0.3 is 5.97 Å². The van der Waals surface area contributed by atoms with Gasteiger partial charge in [0.15, 0.2) is 0 Å². The van der Waals surface area contributed by atoms with Gasteiger partial charge in [0.2, 0.25) is 0 Å². The topological polar surface area (TPSA) is 69.6 Å². The minimum Gasteiger partial charge on any atom is -0.480 e. The second kappa shape index (κ2) is 5.94. The molecule has 2 unspecified atom stereocenters. The van der Waals surface area contributed by atoms with Gasteiger partial charge in [0, 0.05) is 0 Å². The van der Waals surface area contributed by atoms with Crippen LogP contribution in [-0.2, 0) is 4.79 Å². The van der Waals surface area contributed by atoms with Gasteiger partial charge in [0.1, 0.15) is 6.04 Å². The zero-order valence-corrected chi connectivity index (χ0v) is 8.45. The van der Waals surface area contributed by atoms with E-state index in [-0.39, 0.29) is 6.61 Å². The summed E-state index contributed by atoms with van der Waals surface area (Å²) in [4.78, 5) is 10.5. The summed E-state index contributed by atoms with van der Waals surface area (Å²) in [5.41, 5.74) is 0. The van der Waals surface area contributed by atoms with Crippen LogP contribution < -0.4 is 5.32 Å². The lowest BCUT2D eigenvalue weighted by Crippen LogP contribution is -2.42. The van der Waals surface area contributed by atoms with Gasteiger partial charge in [-0.3, -0.25) is 4.79 Å². The molecule has 4 nitrogen and oxygen atoms in total. The molecule has 0 spiro atoms. The highest BCUT2D eigenvalue weighted by atomic mass is 16.4. The van der Waals surface area contributed by atoms with E-state index >= 15 is 0 Å². The molecular weight excluding hydrogens is 170 g/mol. The van der Waals surface area contributed by atoms with Gasteiger partial charge in [-0.25, -0.2) is 0 Å². The van der Waals surface area contributed by atoms with Crippen molar-refractivity contribution in [2.24, 2.45) is 11.8 Å². The predicted molar refractivity (Wildman–Crippen MR) is 50.5 cm³/mol. The SMILES string of the molecule is CC(C)C(C)CNC(CO)C(=O)O. The lowest BCUT2D eigenvalue weighted by Gasteiger charge is -2.18. The number of carboxylic acid groups (broad SMARTS) is 1. The average Bonchev–Trinajstić information content (AvgIpc) is 2.04. The van der Waals surface area contributed by atoms with Crippen LogP contribution in [-0.4, -0.2) is 35.4 Å². The van der Waals surface area contributed by atoms with Crippen LogP contribution in [0.2, 0.25) is 0 Å². The molecule has 2 atom stereocenters. The summed E-state index contributed by atoms with van der Waals surface area (Å²) in [6.07, 6.45) is 0. The van der Waals surface area contributed by atoms with Crippen LogP contribution in [0.5, 0.6) is 0 Å². The third-order valence-corrected chi connectivity index (χ3v) is 2.30. The van der Waals surface area contributed by atoms with E-state index in [9.17, 15) is 4.79 Å². The summed E-state index contributed by atoms with van der Waals surface area (Å²) in [5.74, 6) is -0.0764. The zero-order valence-electron chi connectivity index (χ0n) is 8.45.